The molecule has 126 valence electrons. The number of halogens is 1. The maximum Gasteiger partial charge on any atom is 0.308 e. The van der Waals surface area contributed by atoms with E-state index in [1.165, 1.54) is 0 Å². The molecule has 0 saturated heterocycles. The lowest BCUT2D eigenvalue weighted by molar-refractivity contribution is -0.127. The molecule has 3 aromatic rings. The minimum absolute atomic E-state index is 0.0558. The van der Waals surface area contributed by atoms with Gasteiger partial charge >= 0.3 is 5.91 Å². The summed E-state index contributed by atoms with van der Waals surface area (Å²) in [6.07, 6.45) is -0.877. The Labute approximate surface area is 150 Å². The van der Waals surface area contributed by atoms with Crippen LogP contribution in [-0.4, -0.2) is 28.7 Å². The highest BCUT2D eigenvalue weighted by Gasteiger charge is 2.27. The van der Waals surface area contributed by atoms with Crippen LogP contribution >= 0.6 is 15.9 Å². The van der Waals surface area contributed by atoms with Crippen molar-refractivity contribution in [2.45, 2.75) is 6.10 Å². The number of hydrogen-bond donors (Lipinski definition) is 2. The number of hydrogen-bond acceptors (Lipinski definition) is 5. The third-order valence-corrected chi connectivity index (χ3v) is 4.43. The number of azo groups is 1. The molecule has 0 radical (unpaired) electrons. The number of para-hydroxylation sites is 3. The van der Waals surface area contributed by atoms with Gasteiger partial charge in [0.1, 0.15) is 6.61 Å². The summed E-state index contributed by atoms with van der Waals surface area (Å²) >= 11 is 3.38. The summed E-state index contributed by atoms with van der Waals surface area (Å²) in [5.74, 6) is 0.326. The van der Waals surface area contributed by atoms with Crippen LogP contribution in [0, 0.1) is 0 Å². The summed E-state index contributed by atoms with van der Waals surface area (Å²) < 4.78 is 11.9. The number of fused-ring (bicyclic) bond motifs is 2. The van der Waals surface area contributed by atoms with E-state index in [-0.39, 0.29) is 18.2 Å². The Morgan fingerprint density at radius 3 is 2.84 bits per heavy atom. The molecule has 0 saturated carbocycles. The Hall–Kier alpha value is -2.87. The summed E-state index contributed by atoms with van der Waals surface area (Å²) in [4.78, 5) is 15.1. The number of benzene rings is 2. The predicted molar refractivity (Wildman–Crippen MR) is 93.5 cm³/mol. The van der Waals surface area contributed by atoms with Crippen molar-refractivity contribution in [3.05, 3.63) is 46.9 Å². The van der Waals surface area contributed by atoms with Crippen LogP contribution in [0.5, 0.6) is 17.4 Å². The summed E-state index contributed by atoms with van der Waals surface area (Å²) in [7, 11) is 0. The Bertz CT molecular complexity index is 999. The Kier molecular flexibility index (Phi) is 3.89. The molecule has 0 aliphatic carbocycles. The van der Waals surface area contributed by atoms with Crippen LogP contribution in [-0.2, 0) is 4.79 Å². The summed E-state index contributed by atoms with van der Waals surface area (Å²) in [6.45, 7) is 0.0558. The van der Waals surface area contributed by atoms with Crippen LogP contribution in [0.15, 0.2) is 57.2 Å². The van der Waals surface area contributed by atoms with Crippen LogP contribution < -0.4 is 9.47 Å². The maximum atomic E-state index is 12.3. The van der Waals surface area contributed by atoms with Gasteiger partial charge in [-0.2, -0.15) is 0 Å². The zero-order valence-corrected chi connectivity index (χ0v) is 14.4. The monoisotopic (exact) mass is 401 g/mol. The largest absolute Gasteiger partial charge is 0.493 e. The van der Waals surface area contributed by atoms with Gasteiger partial charge in [-0.3, -0.25) is 4.79 Å². The van der Waals surface area contributed by atoms with Gasteiger partial charge < -0.3 is 19.6 Å². The van der Waals surface area contributed by atoms with Crippen LogP contribution in [0.1, 0.15) is 0 Å². The number of H-pyrrole nitrogens is 1. The first-order valence-corrected chi connectivity index (χ1v) is 8.26. The smallest absolute Gasteiger partial charge is 0.308 e. The molecule has 7 nitrogen and oxygen atoms in total. The van der Waals surface area contributed by atoms with E-state index >= 15 is 0 Å². The molecule has 0 fully saturated rings. The number of aromatic hydroxyl groups is 1. The number of ether oxygens (including phenoxy) is 2. The Morgan fingerprint density at radius 1 is 1.20 bits per heavy atom. The predicted octanol–water partition coefficient (Wildman–Crippen LogP) is 4.09. The first-order valence-electron chi connectivity index (χ1n) is 7.46. The molecule has 25 heavy (non-hydrogen) atoms. The van der Waals surface area contributed by atoms with E-state index in [2.05, 4.69) is 31.1 Å². The van der Waals surface area contributed by atoms with Gasteiger partial charge in [0.2, 0.25) is 12.0 Å². The van der Waals surface area contributed by atoms with Gasteiger partial charge in [-0.15, -0.1) is 10.2 Å². The Morgan fingerprint density at radius 2 is 2.00 bits per heavy atom. The highest BCUT2D eigenvalue weighted by molar-refractivity contribution is 9.10. The van der Waals surface area contributed by atoms with E-state index in [9.17, 15) is 9.90 Å². The van der Waals surface area contributed by atoms with Crippen LogP contribution in [0.3, 0.4) is 0 Å². The lowest BCUT2D eigenvalue weighted by atomic mass is 10.2. The third kappa shape index (κ3) is 2.85. The van der Waals surface area contributed by atoms with Crippen molar-refractivity contribution in [2.75, 3.05) is 6.61 Å². The van der Waals surface area contributed by atoms with Crippen molar-refractivity contribution in [3.63, 3.8) is 0 Å². The molecule has 0 bridgehead atoms. The molecule has 1 unspecified atom stereocenters. The lowest BCUT2D eigenvalue weighted by Gasteiger charge is -2.23. The van der Waals surface area contributed by atoms with Crippen molar-refractivity contribution >= 4 is 38.4 Å². The second kappa shape index (κ2) is 6.21. The molecule has 0 spiro atoms. The second-order valence-corrected chi connectivity index (χ2v) is 6.24. The van der Waals surface area contributed by atoms with E-state index in [1.54, 1.807) is 30.3 Å². The molecule has 2 heterocycles. The Balaban J connectivity index is 1.58. The maximum absolute atomic E-state index is 12.3. The summed E-state index contributed by atoms with van der Waals surface area (Å²) in [5, 5.41) is 18.3. The number of nitrogens with zero attached hydrogens (tertiary/aromatic N) is 2. The van der Waals surface area contributed by atoms with Crippen molar-refractivity contribution < 1.29 is 19.4 Å². The van der Waals surface area contributed by atoms with Crippen LogP contribution in [0.4, 0.5) is 5.69 Å². The van der Waals surface area contributed by atoms with Gasteiger partial charge in [0, 0.05) is 9.86 Å². The molecular formula is C17H12BrN3O4. The molecule has 1 atom stereocenters. The molecular weight excluding hydrogens is 390 g/mol. The zero-order chi connectivity index (χ0) is 17.4. The average molecular weight is 402 g/mol. The van der Waals surface area contributed by atoms with Gasteiger partial charge in [-0.05, 0) is 34.1 Å². The van der Waals surface area contributed by atoms with Crippen molar-refractivity contribution in [1.29, 1.82) is 0 Å². The second-order valence-electron chi connectivity index (χ2n) is 5.39. The average Bonchev–Trinajstić information content (AvgIpc) is 2.96. The fraction of sp³-hybridized carbons (Fsp3) is 0.118. The van der Waals surface area contributed by atoms with Gasteiger partial charge in [0.15, 0.2) is 17.2 Å². The molecule has 4 rings (SSSR count). The van der Waals surface area contributed by atoms with Crippen molar-refractivity contribution in [1.82, 2.24) is 4.98 Å². The quantitative estimate of drug-likeness (QED) is 0.632. The highest BCUT2D eigenvalue weighted by Crippen LogP contribution is 2.38. The van der Waals surface area contributed by atoms with Gasteiger partial charge in [-0.25, -0.2) is 0 Å². The minimum atomic E-state index is -0.877. The zero-order valence-electron chi connectivity index (χ0n) is 12.8. The first-order chi connectivity index (χ1) is 12.1. The van der Waals surface area contributed by atoms with E-state index in [4.69, 9.17) is 9.47 Å². The molecule has 1 amide bonds. The van der Waals surface area contributed by atoms with Crippen LogP contribution in [0.2, 0.25) is 0 Å². The fourth-order valence-corrected chi connectivity index (χ4v) is 3.03. The van der Waals surface area contributed by atoms with Gasteiger partial charge in [0.05, 0.1) is 5.52 Å². The van der Waals surface area contributed by atoms with Crippen LogP contribution in [0.25, 0.3) is 10.9 Å². The number of aromatic nitrogens is 1. The van der Waals surface area contributed by atoms with Crippen molar-refractivity contribution in [2.24, 2.45) is 10.2 Å². The SMILES string of the molecule is O=C(N=Nc1c(O)[nH]c2c(Br)cccc12)C1COc2ccccc2O1. The number of rotatable bonds is 2. The van der Waals surface area contributed by atoms with Gasteiger partial charge in [-0.1, -0.05) is 24.3 Å². The minimum Gasteiger partial charge on any atom is -0.493 e. The van der Waals surface area contributed by atoms with E-state index in [0.29, 0.717) is 22.4 Å². The third-order valence-electron chi connectivity index (χ3n) is 3.77. The fourth-order valence-electron chi connectivity index (χ4n) is 2.56. The molecule has 8 heteroatoms. The topological polar surface area (TPSA) is 96.3 Å². The van der Waals surface area contributed by atoms with E-state index < -0.39 is 12.0 Å². The number of carbonyl (C=O) groups is 1. The molecule has 1 aliphatic rings. The van der Waals surface area contributed by atoms with Crippen molar-refractivity contribution in [3.8, 4) is 17.4 Å². The summed E-state index contributed by atoms with van der Waals surface area (Å²) in [6, 6.07) is 12.5. The standard InChI is InChI=1S/C17H12BrN3O4/c18-10-5-3-4-9-14(10)19-17(23)15(9)20-21-16(22)13-8-24-11-6-1-2-7-12(11)25-13/h1-7,13,19,23H,8H2. The molecule has 1 aromatic heterocycles. The number of nitrogens with one attached hydrogen (secondary N) is 1. The summed E-state index contributed by atoms with van der Waals surface area (Å²) in [5.41, 5.74) is 0.870. The number of carbonyl (C=O) groups excluding carboxylic acids is 1. The van der Waals surface area contributed by atoms with E-state index in [1.807, 2.05) is 12.1 Å². The number of amides is 1. The lowest BCUT2D eigenvalue weighted by Crippen LogP contribution is -2.35. The highest BCUT2D eigenvalue weighted by atomic mass is 79.9. The molecule has 1 aliphatic heterocycles. The molecule has 2 aromatic carbocycles. The molecule has 2 N–H and O–H groups in total. The number of aromatic amines is 1. The normalized spacial score (nSPS) is 16.4. The first kappa shape index (κ1) is 15.6. The van der Waals surface area contributed by atoms with Gasteiger partial charge in [0.25, 0.3) is 0 Å². The van der Waals surface area contributed by atoms with E-state index in [0.717, 1.165) is 4.47 Å².